The van der Waals surface area contributed by atoms with Crippen molar-refractivity contribution in [1.29, 1.82) is 0 Å². The van der Waals surface area contributed by atoms with E-state index in [0.29, 0.717) is 22.6 Å². The van der Waals surface area contributed by atoms with Crippen LogP contribution in [0.5, 0.6) is 17.2 Å². The summed E-state index contributed by atoms with van der Waals surface area (Å²) in [6, 6.07) is 20.3. The van der Waals surface area contributed by atoms with Crippen LogP contribution in [0.4, 0.5) is 0 Å². The molecule has 1 heterocycles. The van der Waals surface area contributed by atoms with Gasteiger partial charge in [0.2, 0.25) is 11.2 Å². The fourth-order valence-electron chi connectivity index (χ4n) is 3.70. The number of carbonyl (C=O) groups excluding carboxylic acids is 1. The smallest absolute Gasteiger partial charge is 0.336 e. The lowest BCUT2D eigenvalue weighted by Crippen LogP contribution is -2.07. The van der Waals surface area contributed by atoms with Gasteiger partial charge < -0.3 is 13.9 Å². The summed E-state index contributed by atoms with van der Waals surface area (Å²) < 4.78 is 16.9. The zero-order chi connectivity index (χ0) is 24.9. The second kappa shape index (κ2) is 10.4. The zero-order valence-corrected chi connectivity index (χ0v) is 20.3. The standard InChI is InChI=1S/C30H28O5/c1-19(2)22-12-9-21(10-13-22)11-16-29(31)34-23-14-15-25-27(17-23)33-18-28(30(25)32)35-26-8-6-5-7-24(26)20(3)4/h5-20H,1-4H3/b16-11+. The number of hydrogen-bond acceptors (Lipinski definition) is 5. The van der Waals surface area contributed by atoms with E-state index in [1.54, 1.807) is 18.2 Å². The van der Waals surface area contributed by atoms with Crippen LogP contribution in [0.3, 0.4) is 0 Å². The largest absolute Gasteiger partial charge is 0.460 e. The van der Waals surface area contributed by atoms with Crippen LogP contribution in [0.25, 0.3) is 17.0 Å². The first-order chi connectivity index (χ1) is 16.8. The molecule has 4 aromatic rings. The molecule has 35 heavy (non-hydrogen) atoms. The predicted octanol–water partition coefficient (Wildman–Crippen LogP) is 7.45. The van der Waals surface area contributed by atoms with Gasteiger partial charge in [0.25, 0.3) is 0 Å². The number of esters is 1. The van der Waals surface area contributed by atoms with Crippen LogP contribution in [-0.2, 0) is 4.79 Å². The highest BCUT2D eigenvalue weighted by Crippen LogP contribution is 2.30. The van der Waals surface area contributed by atoms with E-state index in [9.17, 15) is 9.59 Å². The average molecular weight is 469 g/mol. The van der Waals surface area contributed by atoms with Crippen LogP contribution in [0.2, 0.25) is 0 Å². The van der Waals surface area contributed by atoms with Gasteiger partial charge in [0.05, 0.1) is 5.39 Å². The lowest BCUT2D eigenvalue weighted by molar-refractivity contribution is -0.128. The molecule has 0 saturated heterocycles. The fraction of sp³-hybridized carbons (Fsp3) is 0.200. The van der Waals surface area contributed by atoms with Crippen LogP contribution >= 0.6 is 0 Å². The van der Waals surface area contributed by atoms with Gasteiger partial charge in [-0.25, -0.2) is 4.79 Å². The van der Waals surface area contributed by atoms with Crippen molar-refractivity contribution in [2.45, 2.75) is 39.5 Å². The van der Waals surface area contributed by atoms with Gasteiger partial charge in [-0.15, -0.1) is 0 Å². The number of fused-ring (bicyclic) bond motifs is 1. The van der Waals surface area contributed by atoms with Crippen molar-refractivity contribution in [2.75, 3.05) is 0 Å². The van der Waals surface area contributed by atoms with Gasteiger partial charge in [-0.1, -0.05) is 70.2 Å². The first-order valence-corrected chi connectivity index (χ1v) is 11.6. The Kier molecular flexibility index (Phi) is 7.16. The number of ether oxygens (including phenoxy) is 2. The number of hydrogen-bond donors (Lipinski definition) is 0. The molecule has 3 aromatic carbocycles. The first-order valence-electron chi connectivity index (χ1n) is 11.6. The molecule has 0 saturated carbocycles. The molecule has 0 radical (unpaired) electrons. The van der Waals surface area contributed by atoms with E-state index in [-0.39, 0.29) is 22.8 Å². The number of rotatable bonds is 7. The SMILES string of the molecule is CC(C)c1ccc(/C=C/C(=O)Oc2ccc3c(=O)c(Oc4ccccc4C(C)C)coc3c2)cc1. The molecule has 0 N–H and O–H groups in total. The van der Waals surface area contributed by atoms with Gasteiger partial charge in [0, 0.05) is 12.1 Å². The van der Waals surface area contributed by atoms with Crippen LogP contribution in [0, 0.1) is 0 Å². The van der Waals surface area contributed by atoms with Crippen molar-refractivity contribution in [2.24, 2.45) is 0 Å². The maximum atomic E-state index is 13.0. The molecule has 0 unspecified atom stereocenters. The lowest BCUT2D eigenvalue weighted by Gasteiger charge is -2.13. The third-order valence-corrected chi connectivity index (χ3v) is 5.71. The van der Waals surface area contributed by atoms with Crippen molar-refractivity contribution in [1.82, 2.24) is 0 Å². The van der Waals surface area contributed by atoms with Crippen LogP contribution in [0.1, 0.15) is 56.2 Å². The third-order valence-electron chi connectivity index (χ3n) is 5.71. The van der Waals surface area contributed by atoms with Gasteiger partial charge in [-0.05, 0) is 52.8 Å². The zero-order valence-electron chi connectivity index (χ0n) is 20.3. The topological polar surface area (TPSA) is 65.7 Å². The van der Waals surface area contributed by atoms with Crippen LogP contribution in [0.15, 0.2) is 88.3 Å². The number of para-hydroxylation sites is 1. The van der Waals surface area contributed by atoms with Crippen molar-refractivity contribution >= 4 is 23.0 Å². The second-order valence-corrected chi connectivity index (χ2v) is 8.96. The Bertz CT molecular complexity index is 1430. The molecule has 1 aromatic heterocycles. The van der Waals surface area contributed by atoms with Crippen molar-refractivity contribution in [3.8, 4) is 17.2 Å². The predicted molar refractivity (Wildman–Crippen MR) is 138 cm³/mol. The minimum absolute atomic E-state index is 0.0989. The normalized spacial score (nSPS) is 11.5. The minimum atomic E-state index is -0.523. The Labute approximate surface area is 204 Å². The van der Waals surface area contributed by atoms with Gasteiger partial charge in [0.15, 0.2) is 0 Å². The fourth-order valence-corrected chi connectivity index (χ4v) is 3.70. The summed E-state index contributed by atoms with van der Waals surface area (Å²) in [6.07, 6.45) is 4.36. The van der Waals surface area contributed by atoms with Crippen molar-refractivity contribution < 1.29 is 18.7 Å². The van der Waals surface area contributed by atoms with Crippen molar-refractivity contribution in [3.05, 3.63) is 106 Å². The molecule has 0 aliphatic heterocycles. The van der Waals surface area contributed by atoms with Gasteiger partial charge in [-0.2, -0.15) is 0 Å². The summed E-state index contributed by atoms with van der Waals surface area (Å²) in [5, 5.41) is 0.338. The highest BCUT2D eigenvalue weighted by atomic mass is 16.5. The summed E-state index contributed by atoms with van der Waals surface area (Å²) in [6.45, 7) is 8.39. The van der Waals surface area contributed by atoms with Gasteiger partial charge in [0.1, 0.15) is 23.3 Å². The molecule has 178 valence electrons. The average Bonchev–Trinajstić information content (AvgIpc) is 2.85. The van der Waals surface area contributed by atoms with E-state index >= 15 is 0 Å². The summed E-state index contributed by atoms with van der Waals surface area (Å²) in [4.78, 5) is 25.3. The highest BCUT2D eigenvalue weighted by Gasteiger charge is 2.14. The molecule has 0 amide bonds. The molecule has 4 rings (SSSR count). The van der Waals surface area contributed by atoms with Crippen LogP contribution < -0.4 is 14.9 Å². The van der Waals surface area contributed by atoms with Crippen molar-refractivity contribution in [3.63, 3.8) is 0 Å². The van der Waals surface area contributed by atoms with E-state index in [0.717, 1.165) is 11.1 Å². The Balaban J connectivity index is 1.49. The van der Waals surface area contributed by atoms with Gasteiger partial charge >= 0.3 is 5.97 Å². The molecular formula is C30H28O5. The molecule has 0 aliphatic rings. The molecule has 5 nitrogen and oxygen atoms in total. The van der Waals surface area contributed by atoms with E-state index in [2.05, 4.69) is 27.7 Å². The summed E-state index contributed by atoms with van der Waals surface area (Å²) in [7, 11) is 0. The Morgan fingerprint density at radius 1 is 0.886 bits per heavy atom. The monoisotopic (exact) mass is 468 g/mol. The summed E-state index contributed by atoms with van der Waals surface area (Å²) in [5.41, 5.74) is 3.14. The van der Waals surface area contributed by atoms with E-state index in [1.165, 1.54) is 24.0 Å². The Morgan fingerprint density at radius 3 is 2.34 bits per heavy atom. The second-order valence-electron chi connectivity index (χ2n) is 8.96. The molecule has 0 aliphatic carbocycles. The Morgan fingerprint density at radius 2 is 1.63 bits per heavy atom. The maximum absolute atomic E-state index is 13.0. The molecule has 5 heteroatoms. The maximum Gasteiger partial charge on any atom is 0.336 e. The van der Waals surface area contributed by atoms with Gasteiger partial charge in [-0.3, -0.25) is 4.79 Å². The number of benzene rings is 3. The molecular weight excluding hydrogens is 440 g/mol. The summed E-state index contributed by atoms with van der Waals surface area (Å²) in [5.74, 6) is 1.16. The van der Waals surface area contributed by atoms with Crippen LogP contribution in [-0.4, -0.2) is 5.97 Å². The lowest BCUT2D eigenvalue weighted by atomic mass is 10.0. The van der Waals surface area contributed by atoms with E-state index < -0.39 is 5.97 Å². The first kappa shape index (κ1) is 24.0. The van der Waals surface area contributed by atoms with E-state index in [1.807, 2.05) is 48.5 Å². The molecule has 0 fully saturated rings. The molecule has 0 spiro atoms. The molecule has 0 bridgehead atoms. The minimum Gasteiger partial charge on any atom is -0.460 e. The highest BCUT2D eigenvalue weighted by molar-refractivity contribution is 5.89. The number of carbonyl (C=O) groups is 1. The third kappa shape index (κ3) is 5.69. The Hall–Kier alpha value is -4.12. The van der Waals surface area contributed by atoms with E-state index in [4.69, 9.17) is 13.9 Å². The molecule has 0 atom stereocenters. The summed E-state index contributed by atoms with van der Waals surface area (Å²) >= 11 is 0. The quantitative estimate of drug-likeness (QED) is 0.160.